The van der Waals surface area contributed by atoms with Gasteiger partial charge in [-0.05, 0) is 12.8 Å². The number of thioether (sulfide) groups is 2. The monoisotopic (exact) mass is 488 g/mol. The number of carbonyl (C=O) groups excluding carboxylic acids is 4. The van der Waals surface area contributed by atoms with Crippen molar-refractivity contribution >= 4 is 59.1 Å². The molecule has 0 unspecified atom stereocenters. The molecule has 4 atom stereocenters. The van der Waals surface area contributed by atoms with Crippen LogP contribution in [-0.2, 0) is 28.8 Å². The standard InChI is InChI=1S/C18H24N4O8S2/c23-13-3-1-9(19-13)15(25)20-10(16(26)22-8-32-6-12(22)18(29)30)2-4-14(24)21-7-31-5-11(21)17(27)28/h9-12H,1-8H2,(H,19,23)(H,20,25)(H,27,28)(H,29,30)/t9-,10-,11-,12-/m0/s1. The van der Waals surface area contributed by atoms with Gasteiger partial charge in [0.25, 0.3) is 0 Å². The van der Waals surface area contributed by atoms with E-state index in [2.05, 4.69) is 10.6 Å². The Bertz CT molecular complexity index is 825. The van der Waals surface area contributed by atoms with Gasteiger partial charge in [-0.15, -0.1) is 23.5 Å². The third kappa shape index (κ3) is 5.46. The van der Waals surface area contributed by atoms with Crippen molar-refractivity contribution in [3.8, 4) is 0 Å². The highest BCUT2D eigenvalue weighted by Crippen LogP contribution is 2.25. The lowest BCUT2D eigenvalue weighted by molar-refractivity contribution is -0.149. The molecule has 4 N–H and O–H groups in total. The zero-order valence-electron chi connectivity index (χ0n) is 17.0. The maximum absolute atomic E-state index is 13.1. The summed E-state index contributed by atoms with van der Waals surface area (Å²) in [6.07, 6.45) is 0.136. The van der Waals surface area contributed by atoms with Crippen LogP contribution in [0.4, 0.5) is 0 Å². The molecule has 0 spiro atoms. The van der Waals surface area contributed by atoms with Gasteiger partial charge in [0.2, 0.25) is 23.6 Å². The first-order valence-electron chi connectivity index (χ1n) is 9.99. The zero-order valence-corrected chi connectivity index (χ0v) is 18.7. The fraction of sp³-hybridized carbons (Fsp3) is 0.667. The van der Waals surface area contributed by atoms with Gasteiger partial charge in [-0.1, -0.05) is 0 Å². The van der Waals surface area contributed by atoms with E-state index in [4.69, 9.17) is 0 Å². The molecule has 0 aliphatic carbocycles. The second-order valence-corrected chi connectivity index (χ2v) is 9.64. The average Bonchev–Trinajstić information content (AvgIpc) is 3.49. The number of carbonyl (C=O) groups is 6. The average molecular weight is 489 g/mol. The van der Waals surface area contributed by atoms with Crippen molar-refractivity contribution in [2.45, 2.75) is 49.9 Å². The van der Waals surface area contributed by atoms with Gasteiger partial charge in [0.05, 0.1) is 11.8 Å². The van der Waals surface area contributed by atoms with Crippen molar-refractivity contribution in [3.63, 3.8) is 0 Å². The number of amides is 4. The number of nitrogens with zero attached hydrogens (tertiary/aromatic N) is 2. The van der Waals surface area contributed by atoms with E-state index >= 15 is 0 Å². The fourth-order valence-corrected chi connectivity index (χ4v) is 6.04. The Morgan fingerprint density at radius 2 is 1.62 bits per heavy atom. The van der Waals surface area contributed by atoms with E-state index in [1.807, 2.05) is 0 Å². The molecule has 3 fully saturated rings. The van der Waals surface area contributed by atoms with Crippen LogP contribution in [0, 0.1) is 0 Å². The minimum absolute atomic E-state index is 0.120. The lowest BCUT2D eigenvalue weighted by Gasteiger charge is -2.28. The van der Waals surface area contributed by atoms with Crippen LogP contribution >= 0.6 is 23.5 Å². The summed E-state index contributed by atoms with van der Waals surface area (Å²) >= 11 is 2.58. The van der Waals surface area contributed by atoms with Crippen LogP contribution in [0.2, 0.25) is 0 Å². The van der Waals surface area contributed by atoms with E-state index in [-0.39, 0.29) is 54.8 Å². The summed E-state index contributed by atoms with van der Waals surface area (Å²) in [4.78, 5) is 74.9. The number of nitrogens with one attached hydrogen (secondary N) is 2. The molecule has 4 amide bonds. The first-order chi connectivity index (χ1) is 15.2. The highest BCUT2D eigenvalue weighted by molar-refractivity contribution is 7.99. The number of carboxylic acids is 2. The Hall–Kier alpha value is -2.48. The van der Waals surface area contributed by atoms with E-state index in [0.717, 1.165) is 4.90 Å². The van der Waals surface area contributed by atoms with E-state index in [1.165, 1.54) is 28.4 Å². The Kier molecular flexibility index (Phi) is 7.87. The number of rotatable bonds is 8. The molecule has 0 aromatic heterocycles. The van der Waals surface area contributed by atoms with Crippen molar-refractivity contribution in [1.29, 1.82) is 0 Å². The van der Waals surface area contributed by atoms with Gasteiger partial charge in [-0.2, -0.15) is 0 Å². The molecule has 14 heteroatoms. The second-order valence-electron chi connectivity index (χ2n) is 7.64. The third-order valence-corrected chi connectivity index (χ3v) is 7.54. The highest BCUT2D eigenvalue weighted by Gasteiger charge is 2.40. The molecule has 0 aromatic rings. The van der Waals surface area contributed by atoms with Gasteiger partial charge in [0.1, 0.15) is 24.2 Å². The summed E-state index contributed by atoms with van der Waals surface area (Å²) in [5.74, 6) is -3.38. The Morgan fingerprint density at radius 3 is 2.19 bits per heavy atom. The fourth-order valence-electron chi connectivity index (χ4n) is 3.71. The van der Waals surface area contributed by atoms with Crippen LogP contribution in [0.1, 0.15) is 25.7 Å². The second kappa shape index (κ2) is 10.4. The van der Waals surface area contributed by atoms with Gasteiger partial charge >= 0.3 is 11.9 Å². The molecule has 0 saturated carbocycles. The van der Waals surface area contributed by atoms with Crippen molar-refractivity contribution in [2.24, 2.45) is 0 Å². The van der Waals surface area contributed by atoms with E-state index in [0.29, 0.717) is 0 Å². The normalized spacial score (nSPS) is 26.0. The van der Waals surface area contributed by atoms with Crippen molar-refractivity contribution < 1.29 is 39.0 Å². The van der Waals surface area contributed by atoms with Gasteiger partial charge < -0.3 is 30.6 Å². The molecule has 176 valence electrons. The van der Waals surface area contributed by atoms with E-state index in [9.17, 15) is 39.0 Å². The van der Waals surface area contributed by atoms with Gasteiger partial charge in [-0.3, -0.25) is 19.2 Å². The molecule has 0 radical (unpaired) electrons. The number of hydrogen-bond donors (Lipinski definition) is 4. The molecule has 3 rings (SSSR count). The van der Waals surface area contributed by atoms with Gasteiger partial charge in [0, 0.05) is 24.3 Å². The third-order valence-electron chi connectivity index (χ3n) is 5.51. The smallest absolute Gasteiger partial charge is 0.327 e. The summed E-state index contributed by atoms with van der Waals surface area (Å²) in [7, 11) is 0. The zero-order chi connectivity index (χ0) is 23.4. The molecule has 0 aromatic carbocycles. The molecule has 32 heavy (non-hydrogen) atoms. The van der Waals surface area contributed by atoms with Crippen LogP contribution in [0.25, 0.3) is 0 Å². The predicted molar refractivity (Wildman–Crippen MR) is 114 cm³/mol. The molecular weight excluding hydrogens is 464 g/mol. The summed E-state index contributed by atoms with van der Waals surface area (Å²) in [5.41, 5.74) is 0. The Labute approximate surface area is 191 Å². The van der Waals surface area contributed by atoms with Crippen molar-refractivity contribution in [1.82, 2.24) is 20.4 Å². The summed E-state index contributed by atoms with van der Waals surface area (Å²) < 4.78 is 0. The maximum Gasteiger partial charge on any atom is 0.327 e. The Morgan fingerprint density at radius 1 is 1.03 bits per heavy atom. The number of carboxylic acid groups (broad SMARTS) is 2. The molecule has 3 saturated heterocycles. The molecule has 3 aliphatic heterocycles. The van der Waals surface area contributed by atoms with E-state index < -0.39 is 53.8 Å². The van der Waals surface area contributed by atoms with Crippen LogP contribution in [0.5, 0.6) is 0 Å². The summed E-state index contributed by atoms with van der Waals surface area (Å²) in [6, 6.07) is -3.97. The topological polar surface area (TPSA) is 173 Å². The first-order valence-corrected chi connectivity index (χ1v) is 12.3. The maximum atomic E-state index is 13.1. The Balaban J connectivity index is 1.69. The van der Waals surface area contributed by atoms with Gasteiger partial charge in [0.15, 0.2) is 0 Å². The van der Waals surface area contributed by atoms with Crippen LogP contribution < -0.4 is 10.6 Å². The summed E-state index contributed by atoms with van der Waals surface area (Å²) in [6.45, 7) is 0. The minimum Gasteiger partial charge on any atom is -0.480 e. The largest absolute Gasteiger partial charge is 0.480 e. The van der Waals surface area contributed by atoms with Crippen LogP contribution in [-0.4, -0.2) is 103 Å². The highest BCUT2D eigenvalue weighted by atomic mass is 32.2. The van der Waals surface area contributed by atoms with Crippen molar-refractivity contribution in [2.75, 3.05) is 23.3 Å². The minimum atomic E-state index is -1.18. The molecular formula is C18H24N4O8S2. The quantitative estimate of drug-likeness (QED) is 0.315. The van der Waals surface area contributed by atoms with Crippen LogP contribution in [0.15, 0.2) is 0 Å². The molecule has 0 bridgehead atoms. The van der Waals surface area contributed by atoms with E-state index in [1.54, 1.807) is 0 Å². The van der Waals surface area contributed by atoms with Gasteiger partial charge in [-0.25, -0.2) is 9.59 Å². The molecule has 3 heterocycles. The van der Waals surface area contributed by atoms with Crippen molar-refractivity contribution in [3.05, 3.63) is 0 Å². The number of hydrogen-bond acceptors (Lipinski definition) is 8. The lowest BCUT2D eigenvalue weighted by Crippen LogP contribution is -2.55. The first kappa shape index (κ1) is 24.2. The molecule has 12 nitrogen and oxygen atoms in total. The number of aliphatic carboxylic acids is 2. The SMILES string of the molecule is O=C1CC[C@@H](C(=O)N[C@@H](CCC(=O)N2CSC[C@H]2C(=O)O)C(=O)N2CSC[C@H]2C(=O)O)N1. The molecule has 3 aliphatic rings. The van der Waals surface area contributed by atoms with Crippen LogP contribution in [0.3, 0.4) is 0 Å². The predicted octanol–water partition coefficient (Wildman–Crippen LogP) is -1.50. The lowest BCUT2D eigenvalue weighted by atomic mass is 10.1. The summed E-state index contributed by atoms with van der Waals surface area (Å²) in [5, 5.41) is 23.7.